The molecule has 0 aliphatic heterocycles. The normalized spacial score (nSPS) is 14.9. The van der Waals surface area contributed by atoms with Gasteiger partial charge in [-0.2, -0.15) is 39.5 Å². The number of nitrogens with zero attached hydrogens (tertiary/aromatic N) is 2. The van der Waals surface area contributed by atoms with Crippen LogP contribution in [0.25, 0.3) is 0 Å². The molecule has 0 heterocycles. The van der Waals surface area contributed by atoms with Crippen LogP contribution in [0.3, 0.4) is 0 Å². The maximum Gasteiger partial charge on any atom is 0.512 e. The molecule has 0 aliphatic carbocycles. The van der Waals surface area contributed by atoms with Crippen molar-refractivity contribution in [1.29, 1.82) is 0 Å². The Kier molecular flexibility index (Phi) is 13.5. The van der Waals surface area contributed by atoms with Gasteiger partial charge < -0.3 is 0 Å². The van der Waals surface area contributed by atoms with Crippen molar-refractivity contribution in [2.75, 3.05) is 19.3 Å². The molecule has 0 bridgehead atoms. The number of unbranched alkanes of at least 4 members (excludes halogenated alkanes) is 9. The third kappa shape index (κ3) is 10.8. The third-order valence-corrected chi connectivity index (χ3v) is 12.4. The summed E-state index contributed by atoms with van der Waals surface area (Å²) in [7, 11) is -24.4. The molecule has 0 N–H and O–H groups in total. The molecule has 0 unspecified atom stereocenters. The lowest BCUT2D eigenvalue weighted by atomic mass is 10.1. The summed E-state index contributed by atoms with van der Waals surface area (Å²) in [6.07, 6.45) is 1.99. The van der Waals surface area contributed by atoms with Gasteiger partial charge in [-0.15, -0.1) is 0 Å². The van der Waals surface area contributed by atoms with Gasteiger partial charge in [0, 0.05) is 13.1 Å². The van der Waals surface area contributed by atoms with Crippen LogP contribution in [0.2, 0.25) is 0 Å². The largest absolute Gasteiger partial charge is 0.512 e. The van der Waals surface area contributed by atoms with Crippen LogP contribution in [0.5, 0.6) is 0 Å². The van der Waals surface area contributed by atoms with Crippen molar-refractivity contribution in [2.45, 2.75) is 80.7 Å². The summed E-state index contributed by atoms with van der Waals surface area (Å²) in [5.74, 6) is 0. The molecule has 0 spiro atoms. The summed E-state index contributed by atoms with van der Waals surface area (Å²) in [4.78, 5) is 0. The summed E-state index contributed by atoms with van der Waals surface area (Å²) in [6, 6.07) is 0. The van der Waals surface area contributed by atoms with Crippen molar-refractivity contribution in [3.05, 3.63) is 0 Å². The fourth-order valence-electron chi connectivity index (χ4n) is 3.08. The van der Waals surface area contributed by atoms with Gasteiger partial charge in [-0.3, -0.25) is 0 Å². The first-order valence-electron chi connectivity index (χ1n) is 10.9. The first kappa shape index (κ1) is 38.1. The van der Waals surface area contributed by atoms with Crippen LogP contribution in [-0.2, 0) is 40.1 Å². The summed E-state index contributed by atoms with van der Waals surface area (Å²) in [5, 5.41) is 0. The lowest BCUT2D eigenvalue weighted by Crippen LogP contribution is -2.49. The van der Waals surface area contributed by atoms with E-state index in [9.17, 15) is 73.2 Å². The second kappa shape index (κ2) is 13.8. The predicted molar refractivity (Wildman–Crippen MR) is 119 cm³/mol. The van der Waals surface area contributed by atoms with Gasteiger partial charge in [0.1, 0.15) is 0 Å². The monoisotopic (exact) mass is 674 g/mol. The Balaban J connectivity index is 4.53. The van der Waals surface area contributed by atoms with Crippen molar-refractivity contribution < 1.29 is 73.2 Å². The van der Waals surface area contributed by atoms with E-state index in [4.69, 9.17) is 0 Å². The predicted octanol–water partition coefficient (Wildman–Crippen LogP) is 4.00. The van der Waals surface area contributed by atoms with E-state index in [0.29, 0.717) is 38.4 Å². The first-order valence-corrected chi connectivity index (χ1v) is 17.1. The molecule has 23 heteroatoms. The van der Waals surface area contributed by atoms with Gasteiger partial charge in [0.05, 0.1) is 6.26 Å². The van der Waals surface area contributed by atoms with Crippen LogP contribution in [0.15, 0.2) is 0 Å². The molecule has 0 fully saturated rings. The van der Waals surface area contributed by atoms with Gasteiger partial charge in [0.25, 0.3) is 0 Å². The zero-order chi connectivity index (χ0) is 31.1. The minimum Gasteiger partial charge on any atom is -0.212 e. The van der Waals surface area contributed by atoms with Crippen LogP contribution in [0.4, 0.5) is 39.5 Å². The molecule has 0 aromatic carbocycles. The fraction of sp³-hybridized carbons (Fsp3) is 1.00. The van der Waals surface area contributed by atoms with E-state index in [-0.39, 0.29) is 25.7 Å². The SMILES string of the molecule is CS(=O)(=O)N(CCCCCCCCCCCCN(S(=O)(=O)C(F)(F)F)S(=O)(=O)C(F)(F)F)S(=O)(=O)C(F)(F)F. The molecule has 0 radical (unpaired) electrons. The van der Waals surface area contributed by atoms with Gasteiger partial charge >= 0.3 is 46.6 Å². The highest BCUT2D eigenvalue weighted by Crippen LogP contribution is 2.35. The molecule has 236 valence electrons. The maximum atomic E-state index is 12.7. The van der Waals surface area contributed by atoms with Crippen LogP contribution in [0.1, 0.15) is 64.2 Å². The Morgan fingerprint density at radius 3 is 0.846 bits per heavy atom. The highest BCUT2D eigenvalue weighted by atomic mass is 32.3. The van der Waals surface area contributed by atoms with Crippen molar-refractivity contribution in [3.8, 4) is 0 Å². The lowest BCUT2D eigenvalue weighted by molar-refractivity contribution is -0.0532. The van der Waals surface area contributed by atoms with E-state index in [1.54, 1.807) is 0 Å². The van der Waals surface area contributed by atoms with Crippen LogP contribution >= 0.6 is 0 Å². The van der Waals surface area contributed by atoms with Gasteiger partial charge in [0.15, 0.2) is 0 Å². The van der Waals surface area contributed by atoms with E-state index < -0.39 is 83.5 Å². The van der Waals surface area contributed by atoms with E-state index >= 15 is 0 Å². The second-order valence-electron chi connectivity index (χ2n) is 8.14. The number of hydrogen-bond acceptors (Lipinski definition) is 8. The Morgan fingerprint density at radius 1 is 0.410 bits per heavy atom. The Morgan fingerprint density at radius 2 is 0.615 bits per heavy atom. The molecule has 0 aromatic rings. The molecule has 0 atom stereocenters. The zero-order valence-corrected chi connectivity index (χ0v) is 23.4. The number of sulfonamides is 4. The minimum absolute atomic E-state index is 0.105. The van der Waals surface area contributed by atoms with Crippen LogP contribution in [-0.4, -0.2) is 77.0 Å². The summed E-state index contributed by atoms with van der Waals surface area (Å²) in [6.45, 7) is -2.48. The van der Waals surface area contributed by atoms with Crippen molar-refractivity contribution in [1.82, 2.24) is 7.42 Å². The highest BCUT2D eigenvalue weighted by Gasteiger charge is 2.61. The Labute approximate surface area is 220 Å². The molecule has 39 heavy (non-hydrogen) atoms. The molecule has 0 rings (SSSR count). The molecular weight excluding hydrogens is 647 g/mol. The standard InChI is InChI=1S/C16H27F9N2O8S4/c1-36(28,29)26(37(30,31)14(17,18)19)12-10-8-6-4-2-3-5-7-9-11-13-27(38(32,33)15(20,21)22)39(34,35)16(23,24)25/h2-13H2,1H3. The Bertz CT molecular complexity index is 1170. The van der Waals surface area contributed by atoms with Crippen molar-refractivity contribution in [2.24, 2.45) is 0 Å². The number of rotatable bonds is 17. The number of hydrogen-bond donors (Lipinski definition) is 0. The smallest absolute Gasteiger partial charge is 0.212 e. The highest BCUT2D eigenvalue weighted by molar-refractivity contribution is 8.05. The summed E-state index contributed by atoms with van der Waals surface area (Å²) in [5.41, 5.74) is -18.4. The zero-order valence-electron chi connectivity index (χ0n) is 20.2. The third-order valence-electron chi connectivity index (χ3n) is 4.98. The van der Waals surface area contributed by atoms with Gasteiger partial charge in [-0.1, -0.05) is 58.8 Å². The average molecular weight is 675 g/mol. The molecule has 0 aliphatic rings. The average Bonchev–Trinajstić information content (AvgIpc) is 2.69. The lowest BCUT2D eigenvalue weighted by Gasteiger charge is -2.23. The fourth-order valence-corrected chi connectivity index (χ4v) is 8.56. The van der Waals surface area contributed by atoms with Gasteiger partial charge in [-0.05, 0) is 12.8 Å². The maximum absolute atomic E-state index is 12.7. The molecule has 0 amide bonds. The van der Waals surface area contributed by atoms with Crippen LogP contribution < -0.4 is 0 Å². The van der Waals surface area contributed by atoms with E-state index in [2.05, 4.69) is 0 Å². The van der Waals surface area contributed by atoms with Gasteiger partial charge in [-0.25, -0.2) is 33.7 Å². The Hall–Kier alpha value is -0.910. The number of alkyl halides is 9. The van der Waals surface area contributed by atoms with E-state index in [1.807, 2.05) is 0 Å². The topological polar surface area (TPSA) is 143 Å². The van der Waals surface area contributed by atoms with E-state index in [1.165, 1.54) is 0 Å². The minimum atomic E-state index is -6.82. The van der Waals surface area contributed by atoms with Crippen molar-refractivity contribution in [3.63, 3.8) is 0 Å². The summed E-state index contributed by atoms with van der Waals surface area (Å²) >= 11 is 0. The van der Waals surface area contributed by atoms with Crippen LogP contribution in [0, 0.1) is 0 Å². The molecule has 0 saturated heterocycles. The second-order valence-corrected chi connectivity index (χ2v) is 16.1. The van der Waals surface area contributed by atoms with Gasteiger partial charge in [0.2, 0.25) is 10.0 Å². The first-order chi connectivity index (χ1) is 17.2. The quantitative estimate of drug-likeness (QED) is 0.167. The summed E-state index contributed by atoms with van der Waals surface area (Å²) < 4.78 is 203. The molecule has 0 saturated carbocycles. The molecular formula is C16H27F9N2O8S4. The van der Waals surface area contributed by atoms with E-state index in [0.717, 1.165) is 0 Å². The molecule has 0 aromatic heterocycles. The van der Waals surface area contributed by atoms with Crippen molar-refractivity contribution >= 4 is 40.1 Å². The molecule has 10 nitrogen and oxygen atoms in total. The number of halogens is 9.